The highest BCUT2D eigenvalue weighted by Gasteiger charge is 1.95. The van der Waals surface area contributed by atoms with Gasteiger partial charge in [-0.3, -0.25) is 4.79 Å². The summed E-state index contributed by atoms with van der Waals surface area (Å²) >= 11 is 0. The molecule has 0 aliphatic carbocycles. The minimum atomic E-state index is -0.283. The van der Waals surface area contributed by atoms with Gasteiger partial charge in [0.1, 0.15) is 6.61 Å². The monoisotopic (exact) mass is 192 g/mol. The van der Waals surface area contributed by atoms with Gasteiger partial charge in [0.15, 0.2) is 0 Å². The normalized spacial score (nSPS) is 10.4. The molecule has 1 aromatic rings. The van der Waals surface area contributed by atoms with E-state index < -0.39 is 0 Å². The van der Waals surface area contributed by atoms with Gasteiger partial charge in [-0.1, -0.05) is 12.1 Å². The molecule has 0 atom stereocenters. The fourth-order valence-corrected chi connectivity index (χ4v) is 0.949. The minimum Gasteiger partial charge on any atom is -0.461 e. The Bertz CT molecular complexity index is 330. The highest BCUT2D eigenvalue weighted by molar-refractivity contribution is 5.66. The zero-order valence-corrected chi connectivity index (χ0v) is 7.93. The first-order valence-corrected chi connectivity index (χ1v) is 4.19. The first-order valence-electron chi connectivity index (χ1n) is 4.19. The number of esters is 1. The predicted octanol–water partition coefficient (Wildman–Crippen LogP) is 1.37. The number of ether oxygens (including phenoxy) is 1. The van der Waals surface area contributed by atoms with Crippen LogP contribution in [0.25, 0.3) is 0 Å². The van der Waals surface area contributed by atoms with Crippen molar-refractivity contribution >= 4 is 18.0 Å². The van der Waals surface area contributed by atoms with Crippen LogP contribution in [0.5, 0.6) is 0 Å². The smallest absolute Gasteiger partial charge is 0.302 e. The van der Waals surface area contributed by atoms with Crippen molar-refractivity contribution in [3.8, 4) is 0 Å². The van der Waals surface area contributed by atoms with Gasteiger partial charge < -0.3 is 10.5 Å². The number of nitrogens with two attached hydrogens (primary N) is 1. The summed E-state index contributed by atoms with van der Waals surface area (Å²) in [5, 5.41) is 0. The number of benzene rings is 1. The molecule has 1 aromatic carbocycles. The van der Waals surface area contributed by atoms with Crippen molar-refractivity contribution in [3.63, 3.8) is 0 Å². The maximum atomic E-state index is 10.5. The van der Waals surface area contributed by atoms with E-state index in [9.17, 15) is 4.79 Å². The fraction of sp³-hybridized carbons (Fsp3) is 0.200. The molecule has 0 saturated heterocycles. The molecule has 4 nitrogen and oxygen atoms in total. The third kappa shape index (κ3) is 3.26. The lowest BCUT2D eigenvalue weighted by Gasteiger charge is -2.01. The van der Waals surface area contributed by atoms with E-state index in [4.69, 9.17) is 10.5 Å². The predicted molar refractivity (Wildman–Crippen MR) is 54.3 cm³/mol. The van der Waals surface area contributed by atoms with E-state index in [1.807, 2.05) is 24.3 Å². The fourth-order valence-electron chi connectivity index (χ4n) is 0.949. The molecule has 0 aliphatic rings. The third-order valence-electron chi connectivity index (χ3n) is 1.60. The van der Waals surface area contributed by atoms with Gasteiger partial charge in [0.2, 0.25) is 0 Å². The van der Waals surface area contributed by atoms with Crippen molar-refractivity contribution in [1.29, 1.82) is 0 Å². The summed E-state index contributed by atoms with van der Waals surface area (Å²) in [5.41, 5.74) is 6.84. The molecule has 4 heteroatoms. The maximum absolute atomic E-state index is 10.5. The molecule has 0 fully saturated rings. The lowest BCUT2D eigenvalue weighted by Crippen LogP contribution is -1.98. The van der Waals surface area contributed by atoms with Crippen LogP contribution in [-0.2, 0) is 16.1 Å². The van der Waals surface area contributed by atoms with Gasteiger partial charge in [-0.2, -0.15) is 0 Å². The Kier molecular flexibility index (Phi) is 3.67. The summed E-state index contributed by atoms with van der Waals surface area (Å²) in [5.74, 6) is -0.283. The van der Waals surface area contributed by atoms with Gasteiger partial charge in [0.25, 0.3) is 0 Å². The van der Waals surface area contributed by atoms with Crippen LogP contribution in [0, 0.1) is 0 Å². The third-order valence-corrected chi connectivity index (χ3v) is 1.60. The van der Waals surface area contributed by atoms with Crippen LogP contribution in [-0.4, -0.2) is 12.3 Å². The molecule has 74 valence electrons. The van der Waals surface area contributed by atoms with Gasteiger partial charge in [0, 0.05) is 6.92 Å². The number of rotatable bonds is 3. The first kappa shape index (κ1) is 10.2. The molecule has 0 aliphatic heterocycles. The summed E-state index contributed by atoms with van der Waals surface area (Å²) in [6, 6.07) is 7.29. The zero-order valence-electron chi connectivity index (χ0n) is 7.93. The van der Waals surface area contributed by atoms with E-state index in [1.54, 1.807) is 0 Å². The summed E-state index contributed by atoms with van der Waals surface area (Å²) in [6.45, 7) is 1.68. The van der Waals surface area contributed by atoms with E-state index in [0.29, 0.717) is 6.61 Å². The van der Waals surface area contributed by atoms with Crippen molar-refractivity contribution in [2.45, 2.75) is 13.5 Å². The summed E-state index contributed by atoms with van der Waals surface area (Å²) in [4.78, 5) is 14.4. The highest BCUT2D eigenvalue weighted by atomic mass is 16.5. The van der Waals surface area contributed by atoms with E-state index in [0.717, 1.165) is 11.3 Å². The van der Waals surface area contributed by atoms with Crippen molar-refractivity contribution in [2.24, 2.45) is 10.7 Å². The molecule has 0 spiro atoms. The van der Waals surface area contributed by atoms with Gasteiger partial charge in [-0.05, 0) is 17.7 Å². The first-order chi connectivity index (χ1) is 6.72. The van der Waals surface area contributed by atoms with Crippen LogP contribution in [0.4, 0.5) is 5.69 Å². The topological polar surface area (TPSA) is 64.7 Å². The molecule has 0 bridgehead atoms. The van der Waals surface area contributed by atoms with Crippen LogP contribution >= 0.6 is 0 Å². The second kappa shape index (κ2) is 5.01. The standard InChI is InChI=1S/C10H12N2O2/c1-8(13)14-6-9-2-4-10(5-3-9)12-7-11/h2-5,7H,6H2,1H3,(H2,11,12). The Hall–Kier alpha value is -1.84. The molecular formula is C10H12N2O2. The van der Waals surface area contributed by atoms with E-state index >= 15 is 0 Å². The van der Waals surface area contributed by atoms with Gasteiger partial charge in [-0.25, -0.2) is 4.99 Å². The number of carbonyl (C=O) groups is 1. The van der Waals surface area contributed by atoms with E-state index in [1.165, 1.54) is 13.3 Å². The molecule has 0 unspecified atom stereocenters. The molecule has 1 rings (SSSR count). The van der Waals surface area contributed by atoms with Crippen molar-refractivity contribution in [1.82, 2.24) is 0 Å². The number of hydrogen-bond donors (Lipinski definition) is 1. The largest absolute Gasteiger partial charge is 0.461 e. The molecule has 0 radical (unpaired) electrons. The van der Waals surface area contributed by atoms with Crippen LogP contribution in [0.15, 0.2) is 29.3 Å². The quantitative estimate of drug-likeness (QED) is 0.447. The number of hydrogen-bond acceptors (Lipinski definition) is 3. The Morgan fingerprint density at radius 2 is 2.14 bits per heavy atom. The molecule has 0 heterocycles. The van der Waals surface area contributed by atoms with Gasteiger partial charge >= 0.3 is 5.97 Å². The number of aliphatic imine (C=N–C) groups is 1. The Morgan fingerprint density at radius 3 is 2.64 bits per heavy atom. The van der Waals surface area contributed by atoms with Crippen LogP contribution in [0.2, 0.25) is 0 Å². The average Bonchev–Trinajstić information content (AvgIpc) is 2.17. The summed E-state index contributed by atoms with van der Waals surface area (Å²) in [6.07, 6.45) is 1.24. The summed E-state index contributed by atoms with van der Waals surface area (Å²) in [7, 11) is 0. The average molecular weight is 192 g/mol. The molecule has 0 aromatic heterocycles. The van der Waals surface area contributed by atoms with Crippen LogP contribution in [0.3, 0.4) is 0 Å². The number of carbonyl (C=O) groups excluding carboxylic acids is 1. The van der Waals surface area contributed by atoms with Gasteiger partial charge in [0.05, 0.1) is 12.0 Å². The SMILES string of the molecule is CC(=O)OCc1ccc(N=CN)cc1. The van der Waals surface area contributed by atoms with E-state index in [2.05, 4.69) is 4.99 Å². The molecule has 2 N–H and O–H groups in total. The zero-order chi connectivity index (χ0) is 10.4. The lowest BCUT2D eigenvalue weighted by atomic mass is 10.2. The second-order valence-corrected chi connectivity index (χ2v) is 2.72. The number of nitrogens with zero attached hydrogens (tertiary/aromatic N) is 1. The van der Waals surface area contributed by atoms with Crippen molar-refractivity contribution in [3.05, 3.63) is 29.8 Å². The Balaban J connectivity index is 2.59. The highest BCUT2D eigenvalue weighted by Crippen LogP contribution is 2.12. The molecular weight excluding hydrogens is 180 g/mol. The van der Waals surface area contributed by atoms with Crippen molar-refractivity contribution in [2.75, 3.05) is 0 Å². The molecule has 14 heavy (non-hydrogen) atoms. The lowest BCUT2D eigenvalue weighted by molar-refractivity contribution is -0.142. The van der Waals surface area contributed by atoms with Crippen LogP contribution < -0.4 is 5.73 Å². The molecule has 0 saturated carbocycles. The summed E-state index contributed by atoms with van der Waals surface area (Å²) < 4.78 is 4.83. The Labute approximate surface area is 82.4 Å². The molecule has 0 amide bonds. The van der Waals surface area contributed by atoms with Gasteiger partial charge in [-0.15, -0.1) is 0 Å². The second-order valence-electron chi connectivity index (χ2n) is 2.72. The van der Waals surface area contributed by atoms with Crippen LogP contribution in [0.1, 0.15) is 12.5 Å². The maximum Gasteiger partial charge on any atom is 0.302 e. The van der Waals surface area contributed by atoms with Crippen molar-refractivity contribution < 1.29 is 9.53 Å². The Morgan fingerprint density at radius 1 is 1.50 bits per heavy atom. The minimum absolute atomic E-state index is 0.283. The van der Waals surface area contributed by atoms with E-state index in [-0.39, 0.29) is 5.97 Å².